The van der Waals surface area contributed by atoms with E-state index in [1.165, 1.54) is 0 Å². The zero-order valence-electron chi connectivity index (χ0n) is 11.3. The molecule has 0 aliphatic carbocycles. The maximum atomic E-state index is 9.48. The number of benzene rings is 1. The molecule has 0 bridgehead atoms. The highest BCUT2D eigenvalue weighted by molar-refractivity contribution is 7.99. The zero-order chi connectivity index (χ0) is 13.5. The lowest BCUT2D eigenvalue weighted by atomic mass is 10.1. The second-order valence-electron chi connectivity index (χ2n) is 4.24. The molecule has 0 aromatic heterocycles. The zero-order valence-corrected chi connectivity index (χ0v) is 12.9. The Balaban J connectivity index is 2.53. The van der Waals surface area contributed by atoms with Crippen molar-refractivity contribution in [3.05, 3.63) is 28.8 Å². The number of halogens is 1. The summed E-state index contributed by atoms with van der Waals surface area (Å²) in [4.78, 5) is 3.48. The second kappa shape index (κ2) is 8.05. The van der Waals surface area contributed by atoms with Gasteiger partial charge in [-0.3, -0.25) is 0 Å². The van der Waals surface area contributed by atoms with Gasteiger partial charge in [0.2, 0.25) is 0 Å². The average Bonchev–Trinajstić information content (AvgIpc) is 2.36. The van der Waals surface area contributed by atoms with E-state index in [9.17, 15) is 5.11 Å². The maximum Gasteiger partial charge on any atom is 0.0762 e. The summed E-state index contributed by atoms with van der Waals surface area (Å²) in [6.07, 6.45) is -0.461. The molecular weight excluding hydrogens is 266 g/mol. The van der Waals surface area contributed by atoms with Gasteiger partial charge in [-0.2, -0.15) is 0 Å². The van der Waals surface area contributed by atoms with Gasteiger partial charge in [0.25, 0.3) is 0 Å². The summed E-state index contributed by atoms with van der Waals surface area (Å²) in [5, 5.41) is 10.2. The Hall–Kier alpha value is -0.220. The molecule has 0 fully saturated rings. The Labute approximate surface area is 119 Å². The molecule has 102 valence electrons. The number of hydrogen-bond donors (Lipinski definition) is 1. The maximum absolute atomic E-state index is 9.48. The largest absolute Gasteiger partial charge is 0.389 e. The molecule has 2 nitrogen and oxygen atoms in total. The molecule has 0 saturated heterocycles. The van der Waals surface area contributed by atoms with Crippen molar-refractivity contribution >= 4 is 23.4 Å². The lowest BCUT2D eigenvalue weighted by molar-refractivity contribution is 0.199. The summed E-state index contributed by atoms with van der Waals surface area (Å²) in [5.41, 5.74) is 0.869. The summed E-state index contributed by atoms with van der Waals surface area (Å²) in [6, 6.07) is 5.79. The highest BCUT2D eigenvalue weighted by Crippen LogP contribution is 2.29. The van der Waals surface area contributed by atoms with Crippen LogP contribution in [0.15, 0.2) is 23.1 Å². The molecule has 1 N–H and O–H groups in total. The van der Waals surface area contributed by atoms with Gasteiger partial charge in [0.05, 0.1) is 11.1 Å². The van der Waals surface area contributed by atoms with Gasteiger partial charge in [-0.15, -0.1) is 11.8 Å². The predicted molar refractivity (Wildman–Crippen MR) is 80.6 cm³/mol. The van der Waals surface area contributed by atoms with Gasteiger partial charge in [0.1, 0.15) is 0 Å². The Morgan fingerprint density at radius 2 is 2.00 bits per heavy atom. The molecule has 1 rings (SSSR count). The summed E-state index contributed by atoms with van der Waals surface area (Å²) in [6.45, 7) is 9.36. The first kappa shape index (κ1) is 15.8. The molecule has 0 unspecified atom stereocenters. The molecule has 1 aromatic rings. The number of nitrogens with zero attached hydrogens (tertiary/aromatic N) is 1. The quantitative estimate of drug-likeness (QED) is 0.771. The third kappa shape index (κ3) is 4.81. The number of aliphatic hydroxyl groups is 1. The number of thioether (sulfide) groups is 1. The van der Waals surface area contributed by atoms with Gasteiger partial charge in [-0.05, 0) is 37.7 Å². The lowest BCUT2D eigenvalue weighted by Gasteiger charge is -2.17. The SMILES string of the molecule is CCN(CC)CCSc1ccc([C@@H](C)O)cc1Cl. The van der Waals surface area contributed by atoms with Gasteiger partial charge < -0.3 is 10.0 Å². The summed E-state index contributed by atoms with van der Waals surface area (Å²) in [7, 11) is 0. The molecule has 0 saturated carbocycles. The highest BCUT2D eigenvalue weighted by Gasteiger charge is 2.07. The summed E-state index contributed by atoms with van der Waals surface area (Å²) in [5.74, 6) is 1.04. The van der Waals surface area contributed by atoms with Gasteiger partial charge in [-0.1, -0.05) is 31.5 Å². The monoisotopic (exact) mass is 287 g/mol. The molecule has 18 heavy (non-hydrogen) atoms. The van der Waals surface area contributed by atoms with Crippen LogP contribution in [0, 0.1) is 0 Å². The van der Waals surface area contributed by atoms with Crippen LogP contribution in [-0.2, 0) is 0 Å². The topological polar surface area (TPSA) is 23.5 Å². The molecule has 0 amide bonds. The van der Waals surface area contributed by atoms with E-state index in [1.54, 1.807) is 18.7 Å². The Morgan fingerprint density at radius 1 is 1.33 bits per heavy atom. The molecular formula is C14H22ClNOS. The predicted octanol–water partition coefficient (Wildman–Crippen LogP) is 3.83. The molecule has 0 aliphatic heterocycles. The van der Waals surface area contributed by atoms with Crippen LogP contribution in [0.5, 0.6) is 0 Å². The fraction of sp³-hybridized carbons (Fsp3) is 0.571. The minimum absolute atomic E-state index is 0.461. The smallest absolute Gasteiger partial charge is 0.0762 e. The molecule has 1 aromatic carbocycles. The fourth-order valence-corrected chi connectivity index (χ4v) is 3.00. The molecule has 4 heteroatoms. The van der Waals surface area contributed by atoms with E-state index in [0.29, 0.717) is 0 Å². The Kier molecular flexibility index (Phi) is 7.08. The van der Waals surface area contributed by atoms with E-state index in [-0.39, 0.29) is 0 Å². The van der Waals surface area contributed by atoms with Crippen molar-refractivity contribution in [3.63, 3.8) is 0 Å². The fourth-order valence-electron chi connectivity index (χ4n) is 1.72. The van der Waals surface area contributed by atoms with E-state index in [0.717, 1.165) is 40.9 Å². The van der Waals surface area contributed by atoms with Crippen LogP contribution >= 0.6 is 23.4 Å². The molecule has 0 aliphatic rings. The third-order valence-electron chi connectivity index (χ3n) is 3.00. The first-order valence-electron chi connectivity index (χ1n) is 6.41. The van der Waals surface area contributed by atoms with Crippen molar-refractivity contribution in [2.24, 2.45) is 0 Å². The van der Waals surface area contributed by atoms with Crippen molar-refractivity contribution in [2.75, 3.05) is 25.4 Å². The van der Waals surface area contributed by atoms with Crippen LogP contribution in [0.4, 0.5) is 0 Å². The van der Waals surface area contributed by atoms with Crippen LogP contribution in [0.1, 0.15) is 32.4 Å². The first-order chi connectivity index (χ1) is 8.58. The van der Waals surface area contributed by atoms with Crippen LogP contribution in [0.3, 0.4) is 0 Å². The molecule has 0 radical (unpaired) electrons. The van der Waals surface area contributed by atoms with E-state index in [2.05, 4.69) is 18.7 Å². The van der Waals surface area contributed by atoms with Gasteiger partial charge in [0.15, 0.2) is 0 Å². The van der Waals surface area contributed by atoms with Gasteiger partial charge in [-0.25, -0.2) is 0 Å². The third-order valence-corrected chi connectivity index (χ3v) is 4.48. The van der Waals surface area contributed by atoms with Crippen LogP contribution in [-0.4, -0.2) is 35.4 Å². The van der Waals surface area contributed by atoms with Crippen LogP contribution in [0.2, 0.25) is 5.02 Å². The standard InChI is InChI=1S/C14H22ClNOS/c1-4-16(5-2)8-9-18-14-7-6-12(11(3)17)10-13(14)15/h6-7,10-11,17H,4-5,8-9H2,1-3H3/t11-/m1/s1. The van der Waals surface area contributed by atoms with Crippen molar-refractivity contribution in [2.45, 2.75) is 31.8 Å². The van der Waals surface area contributed by atoms with Crippen molar-refractivity contribution in [1.82, 2.24) is 4.90 Å². The normalized spacial score (nSPS) is 13.0. The Bertz CT molecular complexity index is 367. The van der Waals surface area contributed by atoms with Crippen molar-refractivity contribution < 1.29 is 5.11 Å². The van der Waals surface area contributed by atoms with E-state index in [1.807, 2.05) is 18.2 Å². The van der Waals surface area contributed by atoms with Crippen molar-refractivity contribution in [1.29, 1.82) is 0 Å². The summed E-state index contributed by atoms with van der Waals surface area (Å²) < 4.78 is 0. The van der Waals surface area contributed by atoms with Gasteiger partial charge >= 0.3 is 0 Å². The van der Waals surface area contributed by atoms with Crippen LogP contribution < -0.4 is 0 Å². The molecule has 1 atom stereocenters. The first-order valence-corrected chi connectivity index (χ1v) is 7.77. The second-order valence-corrected chi connectivity index (χ2v) is 5.79. The number of hydrogen-bond acceptors (Lipinski definition) is 3. The minimum Gasteiger partial charge on any atom is -0.389 e. The van der Waals surface area contributed by atoms with E-state index < -0.39 is 6.10 Å². The van der Waals surface area contributed by atoms with Crippen molar-refractivity contribution in [3.8, 4) is 0 Å². The van der Waals surface area contributed by atoms with E-state index >= 15 is 0 Å². The summed E-state index contributed by atoms with van der Waals surface area (Å²) >= 11 is 7.98. The average molecular weight is 288 g/mol. The molecule has 0 heterocycles. The number of aliphatic hydroxyl groups excluding tert-OH is 1. The van der Waals surface area contributed by atoms with E-state index in [4.69, 9.17) is 11.6 Å². The van der Waals surface area contributed by atoms with Gasteiger partial charge in [0, 0.05) is 17.2 Å². The minimum atomic E-state index is -0.461. The lowest BCUT2D eigenvalue weighted by Crippen LogP contribution is -2.25. The number of rotatable bonds is 7. The van der Waals surface area contributed by atoms with Crippen LogP contribution in [0.25, 0.3) is 0 Å². The molecule has 0 spiro atoms. The Morgan fingerprint density at radius 3 is 2.50 bits per heavy atom. The highest BCUT2D eigenvalue weighted by atomic mass is 35.5.